The van der Waals surface area contributed by atoms with Crippen molar-refractivity contribution in [3.63, 3.8) is 0 Å². The van der Waals surface area contributed by atoms with Gasteiger partial charge in [0.25, 0.3) is 11.8 Å². The van der Waals surface area contributed by atoms with Gasteiger partial charge in [-0.1, -0.05) is 6.92 Å². The van der Waals surface area contributed by atoms with E-state index in [4.69, 9.17) is 0 Å². The van der Waals surface area contributed by atoms with Crippen LogP contribution in [0.2, 0.25) is 0 Å². The molecule has 2 fully saturated rings. The van der Waals surface area contributed by atoms with Crippen LogP contribution in [0.4, 0.5) is 32.4 Å². The predicted octanol–water partition coefficient (Wildman–Crippen LogP) is 2.17. The fraction of sp³-hybridized carbons (Fsp3) is 0.483. The minimum Gasteiger partial charge on any atom is -0.385 e. The minimum absolute atomic E-state index is 0.0818. The lowest BCUT2D eigenvalue weighted by molar-refractivity contribution is -0.141. The van der Waals surface area contributed by atoms with Crippen LogP contribution in [0, 0.1) is 0 Å². The molecule has 0 atom stereocenters. The number of amides is 4. The first-order valence-corrected chi connectivity index (χ1v) is 14.9. The monoisotopic (exact) mass is 667 g/mol. The van der Waals surface area contributed by atoms with Crippen LogP contribution in [-0.4, -0.2) is 111 Å². The van der Waals surface area contributed by atoms with Crippen molar-refractivity contribution in [2.24, 2.45) is 0 Å². The van der Waals surface area contributed by atoms with Crippen molar-refractivity contribution in [3.05, 3.63) is 64.0 Å². The number of benzene rings is 1. The third-order valence-electron chi connectivity index (χ3n) is 8.10. The van der Waals surface area contributed by atoms with Gasteiger partial charge in [-0.25, -0.2) is 18.6 Å². The number of alkyl halides is 5. The van der Waals surface area contributed by atoms with Crippen molar-refractivity contribution >= 4 is 23.5 Å². The number of aromatic nitrogens is 4. The van der Waals surface area contributed by atoms with Gasteiger partial charge in [0, 0.05) is 80.1 Å². The predicted molar refractivity (Wildman–Crippen MR) is 157 cm³/mol. The molecule has 2 aromatic heterocycles. The van der Waals surface area contributed by atoms with E-state index in [9.17, 15) is 41.4 Å². The zero-order valence-corrected chi connectivity index (χ0v) is 25.3. The first-order valence-electron chi connectivity index (χ1n) is 14.9. The summed E-state index contributed by atoms with van der Waals surface area (Å²) in [6.07, 6.45) is -7.58. The number of hydrogen-bond donors (Lipinski definition) is 6. The van der Waals surface area contributed by atoms with E-state index in [2.05, 4.69) is 31.0 Å². The second-order valence-corrected chi connectivity index (χ2v) is 11.5. The molecule has 4 heterocycles. The third-order valence-corrected chi connectivity index (χ3v) is 8.10. The summed E-state index contributed by atoms with van der Waals surface area (Å²) >= 11 is 0. The molecule has 0 aliphatic carbocycles. The standard InChI is InChI=1S/C29H34F5N9O4/c1-2-16-9-17(3-4-19(16)26(45)42-5-7-43(8-6-42)27(46)37-15-28(47)13-35-14-28)39-25(44)24-36-12-18(38-24)10-20-21(11-22(30)31)40-41-23(20)29(32,33)34/h3-4,9,12,22,35,47H,2,5-8,10-11,13-15H2,1H3,(H,36,38)(H,37,46)(H,39,44)(H,40,41). The molecule has 47 heavy (non-hydrogen) atoms. The fourth-order valence-electron chi connectivity index (χ4n) is 5.44. The van der Waals surface area contributed by atoms with E-state index in [0.717, 1.165) is 6.20 Å². The first kappa shape index (κ1) is 33.8. The lowest BCUT2D eigenvalue weighted by Gasteiger charge is -2.39. The van der Waals surface area contributed by atoms with Crippen LogP contribution in [0.3, 0.4) is 0 Å². The van der Waals surface area contributed by atoms with Crippen molar-refractivity contribution in [3.8, 4) is 0 Å². The average molecular weight is 668 g/mol. The molecule has 3 aromatic rings. The molecule has 2 aliphatic rings. The molecule has 0 saturated carbocycles. The van der Waals surface area contributed by atoms with E-state index in [1.54, 1.807) is 21.9 Å². The maximum atomic E-state index is 13.4. The fourth-order valence-corrected chi connectivity index (χ4v) is 5.44. The Hall–Kier alpha value is -4.58. The van der Waals surface area contributed by atoms with Gasteiger partial charge in [-0.3, -0.25) is 14.7 Å². The highest BCUT2D eigenvalue weighted by Gasteiger charge is 2.38. The summed E-state index contributed by atoms with van der Waals surface area (Å²) in [7, 11) is 0. The zero-order chi connectivity index (χ0) is 33.9. The Morgan fingerprint density at radius 3 is 2.43 bits per heavy atom. The van der Waals surface area contributed by atoms with Crippen LogP contribution in [0.5, 0.6) is 0 Å². The van der Waals surface area contributed by atoms with E-state index in [-0.39, 0.29) is 35.7 Å². The second kappa shape index (κ2) is 13.6. The molecular weight excluding hydrogens is 633 g/mol. The summed E-state index contributed by atoms with van der Waals surface area (Å²) in [6.45, 7) is 4.08. The Kier molecular flexibility index (Phi) is 9.81. The number of aryl methyl sites for hydroxylation is 1. The number of hydrogen-bond acceptors (Lipinski definition) is 7. The number of H-pyrrole nitrogens is 2. The molecule has 254 valence electrons. The maximum absolute atomic E-state index is 13.4. The van der Waals surface area contributed by atoms with Crippen molar-refractivity contribution in [2.45, 2.75) is 44.4 Å². The summed E-state index contributed by atoms with van der Waals surface area (Å²) in [6, 6.07) is 4.45. The largest absolute Gasteiger partial charge is 0.435 e. The van der Waals surface area contributed by atoms with Gasteiger partial charge >= 0.3 is 12.2 Å². The Balaban J connectivity index is 1.19. The van der Waals surface area contributed by atoms with Gasteiger partial charge in [0.1, 0.15) is 5.60 Å². The van der Waals surface area contributed by atoms with E-state index in [0.29, 0.717) is 62.5 Å². The number of rotatable bonds is 10. The summed E-state index contributed by atoms with van der Waals surface area (Å²) in [4.78, 5) is 48.6. The average Bonchev–Trinajstić information content (AvgIpc) is 3.65. The molecule has 2 saturated heterocycles. The Morgan fingerprint density at radius 1 is 1.11 bits per heavy atom. The quantitative estimate of drug-likeness (QED) is 0.180. The van der Waals surface area contributed by atoms with E-state index < -0.39 is 48.2 Å². The van der Waals surface area contributed by atoms with Gasteiger partial charge in [-0.2, -0.15) is 18.3 Å². The van der Waals surface area contributed by atoms with Crippen molar-refractivity contribution in [1.29, 1.82) is 0 Å². The summed E-state index contributed by atoms with van der Waals surface area (Å²) in [5.74, 6) is -1.15. The molecular formula is C29H34F5N9O4. The SMILES string of the molecule is CCc1cc(NC(=O)c2ncc(Cc3c(C(F)(F)F)n[nH]c3CC(F)F)[nH]2)ccc1C(=O)N1CCN(C(=O)NCC2(O)CNC2)CC1. The van der Waals surface area contributed by atoms with E-state index in [1.807, 2.05) is 12.0 Å². The number of urea groups is 1. The molecule has 6 N–H and O–H groups in total. The number of imidazole rings is 1. The van der Waals surface area contributed by atoms with Gasteiger partial charge in [0.15, 0.2) is 11.5 Å². The highest BCUT2D eigenvalue weighted by Crippen LogP contribution is 2.33. The number of aromatic amines is 2. The number of nitrogens with one attached hydrogen (secondary N) is 5. The highest BCUT2D eigenvalue weighted by molar-refractivity contribution is 6.02. The topological polar surface area (TPSA) is 171 Å². The van der Waals surface area contributed by atoms with Crippen molar-refractivity contribution < 1.29 is 41.4 Å². The Bertz CT molecular complexity index is 1610. The minimum atomic E-state index is -4.88. The molecule has 0 spiro atoms. The van der Waals surface area contributed by atoms with Crippen LogP contribution in [0.25, 0.3) is 0 Å². The summed E-state index contributed by atoms with van der Waals surface area (Å²) in [5.41, 5.74) is -1.57. The van der Waals surface area contributed by atoms with Gasteiger partial charge in [0.05, 0.1) is 13.0 Å². The molecule has 0 bridgehead atoms. The van der Waals surface area contributed by atoms with Crippen LogP contribution < -0.4 is 16.0 Å². The van der Waals surface area contributed by atoms with Crippen LogP contribution in [-0.2, 0) is 25.4 Å². The summed E-state index contributed by atoms with van der Waals surface area (Å²) in [5, 5.41) is 23.7. The van der Waals surface area contributed by atoms with Gasteiger partial charge in [0.2, 0.25) is 6.43 Å². The molecule has 0 unspecified atom stereocenters. The van der Waals surface area contributed by atoms with E-state index in [1.165, 1.54) is 6.07 Å². The number of aliphatic hydroxyl groups is 1. The molecule has 18 heteroatoms. The lowest BCUT2D eigenvalue weighted by atomic mass is 9.97. The van der Waals surface area contributed by atoms with Gasteiger partial charge < -0.3 is 35.8 Å². The van der Waals surface area contributed by atoms with E-state index >= 15 is 0 Å². The summed E-state index contributed by atoms with van der Waals surface area (Å²) < 4.78 is 66.2. The normalized spacial score (nSPS) is 16.3. The van der Waals surface area contributed by atoms with Crippen molar-refractivity contribution in [2.75, 3.05) is 51.1 Å². The molecule has 13 nitrogen and oxygen atoms in total. The number of piperazine rings is 1. The first-order chi connectivity index (χ1) is 22.3. The van der Waals surface area contributed by atoms with Gasteiger partial charge in [-0.15, -0.1) is 0 Å². The van der Waals surface area contributed by atoms with Crippen LogP contribution in [0.15, 0.2) is 24.4 Å². The smallest absolute Gasteiger partial charge is 0.385 e. The Morgan fingerprint density at radius 2 is 1.81 bits per heavy atom. The zero-order valence-electron chi connectivity index (χ0n) is 25.3. The molecule has 1 aromatic carbocycles. The van der Waals surface area contributed by atoms with Crippen molar-refractivity contribution in [1.82, 2.24) is 40.6 Å². The number of carbonyl (C=O) groups excluding carboxylic acids is 3. The van der Waals surface area contributed by atoms with Crippen LogP contribution in [0.1, 0.15) is 56.1 Å². The lowest BCUT2D eigenvalue weighted by Crippen LogP contribution is -2.65. The number of nitrogens with zero attached hydrogens (tertiary/aromatic N) is 4. The number of β-amino-alcohol motifs (C(OH)–C–C–N with tert-alkyl or cyclic N) is 1. The highest BCUT2D eigenvalue weighted by atomic mass is 19.4. The number of halogens is 5. The third kappa shape index (κ3) is 7.87. The second-order valence-electron chi connectivity index (χ2n) is 11.5. The molecule has 2 aliphatic heterocycles. The van der Waals surface area contributed by atoms with Crippen LogP contribution >= 0.6 is 0 Å². The Labute approximate surface area is 265 Å². The maximum Gasteiger partial charge on any atom is 0.435 e. The van der Waals surface area contributed by atoms with Gasteiger partial charge in [-0.05, 0) is 30.2 Å². The molecule has 4 amide bonds. The molecule has 0 radical (unpaired) electrons. The molecule has 5 rings (SSSR count). The number of anilines is 1. The number of carbonyl (C=O) groups is 3.